The second-order valence-electron chi connectivity index (χ2n) is 9.15. The van der Waals surface area contributed by atoms with E-state index in [9.17, 15) is 0 Å². The van der Waals surface area contributed by atoms with Crippen LogP contribution in [0.1, 0.15) is 11.1 Å². The van der Waals surface area contributed by atoms with E-state index in [1.807, 2.05) is 30.6 Å². The zero-order valence-corrected chi connectivity index (χ0v) is 23.5. The smallest absolute Gasteiger partial charge is 0.0538 e. The van der Waals surface area contributed by atoms with Crippen molar-refractivity contribution in [1.82, 2.24) is 0 Å². The highest BCUT2D eigenvalue weighted by molar-refractivity contribution is 7.99. The van der Waals surface area contributed by atoms with Gasteiger partial charge in [0, 0.05) is 35.5 Å². The Morgan fingerprint density at radius 3 is 1.36 bits per heavy atom. The molecule has 0 aliphatic carbocycles. The first-order chi connectivity index (χ1) is 17.8. The van der Waals surface area contributed by atoms with Gasteiger partial charge in [-0.2, -0.15) is 23.5 Å². The van der Waals surface area contributed by atoms with E-state index in [1.165, 1.54) is 21.7 Å². The van der Waals surface area contributed by atoms with E-state index < -0.39 is 7.92 Å². The third kappa shape index (κ3) is 8.25. The normalized spacial score (nSPS) is 11.6. The molecule has 0 bridgehead atoms. The SMILES string of the molecule is COCC(CSCc1ccccc1)(CSCc1ccccc1)CP(c1ccccc1)c1ccccc1. The van der Waals surface area contributed by atoms with Gasteiger partial charge in [0.2, 0.25) is 0 Å². The maximum atomic E-state index is 5.97. The Kier molecular flexibility index (Phi) is 11.0. The molecule has 0 amide bonds. The maximum absolute atomic E-state index is 5.97. The molecule has 1 nitrogen and oxygen atoms in total. The van der Waals surface area contributed by atoms with Gasteiger partial charge >= 0.3 is 0 Å². The third-order valence-corrected chi connectivity index (χ3v) is 11.7. The van der Waals surface area contributed by atoms with Crippen molar-refractivity contribution in [2.75, 3.05) is 31.4 Å². The molecule has 4 aromatic carbocycles. The van der Waals surface area contributed by atoms with Crippen LogP contribution in [-0.4, -0.2) is 31.4 Å². The highest BCUT2D eigenvalue weighted by atomic mass is 32.2. The van der Waals surface area contributed by atoms with Crippen LogP contribution in [0.4, 0.5) is 0 Å². The van der Waals surface area contributed by atoms with Crippen LogP contribution in [0.3, 0.4) is 0 Å². The molecule has 0 aliphatic heterocycles. The Balaban J connectivity index is 1.58. The Bertz CT molecular complexity index is 1040. The van der Waals surface area contributed by atoms with Gasteiger partial charge in [-0.05, 0) is 35.8 Å². The van der Waals surface area contributed by atoms with Crippen molar-refractivity contribution in [3.05, 3.63) is 132 Å². The van der Waals surface area contributed by atoms with Gasteiger partial charge in [0.1, 0.15) is 0 Å². The fraction of sp³-hybridized carbons (Fsp3) is 0.250. The van der Waals surface area contributed by atoms with Crippen molar-refractivity contribution >= 4 is 42.1 Å². The number of methoxy groups -OCH3 is 1. The van der Waals surface area contributed by atoms with E-state index in [-0.39, 0.29) is 5.41 Å². The molecule has 0 saturated carbocycles. The largest absolute Gasteiger partial charge is 0.384 e. The molecule has 0 aliphatic rings. The van der Waals surface area contributed by atoms with E-state index in [0.29, 0.717) is 0 Å². The highest BCUT2D eigenvalue weighted by Gasteiger charge is 2.34. The molecule has 0 atom stereocenters. The molecular formula is C32H35OPS2. The van der Waals surface area contributed by atoms with Gasteiger partial charge in [-0.3, -0.25) is 0 Å². The van der Waals surface area contributed by atoms with Gasteiger partial charge in [-0.25, -0.2) is 0 Å². The summed E-state index contributed by atoms with van der Waals surface area (Å²) in [5.41, 5.74) is 2.85. The number of rotatable bonds is 14. The minimum atomic E-state index is -0.499. The predicted octanol–water partition coefficient (Wildman–Crippen LogP) is 7.62. The van der Waals surface area contributed by atoms with Crippen molar-refractivity contribution < 1.29 is 4.74 Å². The first kappa shape index (κ1) is 27.0. The van der Waals surface area contributed by atoms with E-state index in [2.05, 4.69) is 121 Å². The van der Waals surface area contributed by atoms with E-state index >= 15 is 0 Å². The predicted molar refractivity (Wildman–Crippen MR) is 163 cm³/mol. The topological polar surface area (TPSA) is 9.23 Å². The van der Waals surface area contributed by atoms with Crippen LogP contribution in [0.15, 0.2) is 121 Å². The first-order valence-corrected chi connectivity index (χ1v) is 16.2. The van der Waals surface area contributed by atoms with Crippen molar-refractivity contribution in [2.24, 2.45) is 5.41 Å². The molecule has 4 heteroatoms. The van der Waals surface area contributed by atoms with Gasteiger partial charge in [-0.15, -0.1) is 0 Å². The summed E-state index contributed by atoms with van der Waals surface area (Å²) in [5.74, 6) is 4.22. The lowest BCUT2D eigenvalue weighted by Crippen LogP contribution is -2.38. The van der Waals surface area contributed by atoms with E-state index in [4.69, 9.17) is 4.74 Å². The molecule has 0 spiro atoms. The summed E-state index contributed by atoms with van der Waals surface area (Å²) >= 11 is 4.10. The van der Waals surface area contributed by atoms with Crippen LogP contribution in [0.25, 0.3) is 0 Å². The summed E-state index contributed by atoms with van der Waals surface area (Å²) in [4.78, 5) is 0. The number of hydrogen-bond acceptors (Lipinski definition) is 3. The summed E-state index contributed by atoms with van der Waals surface area (Å²) in [7, 11) is 1.37. The van der Waals surface area contributed by atoms with Gasteiger partial charge in [0.05, 0.1) is 6.61 Å². The molecular weight excluding hydrogens is 495 g/mol. The zero-order chi connectivity index (χ0) is 24.9. The first-order valence-electron chi connectivity index (χ1n) is 12.4. The Hall–Kier alpha value is -2.03. The average Bonchev–Trinajstić information content (AvgIpc) is 2.94. The van der Waals surface area contributed by atoms with E-state index in [1.54, 1.807) is 0 Å². The van der Waals surface area contributed by atoms with Crippen molar-refractivity contribution in [1.29, 1.82) is 0 Å². The number of hydrogen-bond donors (Lipinski definition) is 0. The second-order valence-corrected chi connectivity index (χ2v) is 13.3. The summed E-state index contributed by atoms with van der Waals surface area (Å²) in [6, 6.07) is 43.9. The van der Waals surface area contributed by atoms with Crippen molar-refractivity contribution in [3.63, 3.8) is 0 Å². The second kappa shape index (κ2) is 14.6. The standard InChI is InChI=1S/C32H35OPS2/c1-33-24-32(26-35-22-28-14-6-2-7-15-28,27-36-23-29-16-8-3-9-17-29)25-34(30-18-10-4-11-19-30)31-20-12-5-13-21-31/h2-21H,22-27H2,1H3. The molecule has 0 unspecified atom stereocenters. The molecule has 36 heavy (non-hydrogen) atoms. The van der Waals surface area contributed by atoms with Crippen LogP contribution in [-0.2, 0) is 16.2 Å². The summed E-state index contributed by atoms with van der Waals surface area (Å²) in [6.07, 6.45) is 1.12. The summed E-state index contributed by atoms with van der Waals surface area (Å²) in [5, 5.41) is 2.89. The summed E-state index contributed by atoms with van der Waals surface area (Å²) < 4.78 is 5.97. The number of benzene rings is 4. The monoisotopic (exact) mass is 530 g/mol. The molecule has 0 radical (unpaired) electrons. The Morgan fingerprint density at radius 1 is 0.583 bits per heavy atom. The fourth-order valence-electron chi connectivity index (χ4n) is 4.37. The molecule has 0 fully saturated rings. The van der Waals surface area contributed by atoms with Crippen molar-refractivity contribution in [3.8, 4) is 0 Å². The lowest BCUT2D eigenvalue weighted by molar-refractivity contribution is 0.124. The van der Waals surface area contributed by atoms with Gasteiger partial charge in [0.25, 0.3) is 0 Å². The third-order valence-electron chi connectivity index (χ3n) is 6.12. The Morgan fingerprint density at radius 2 is 0.972 bits per heavy atom. The lowest BCUT2D eigenvalue weighted by atomic mass is 9.97. The minimum absolute atomic E-state index is 0.0744. The lowest BCUT2D eigenvalue weighted by Gasteiger charge is -2.37. The van der Waals surface area contributed by atoms with Gasteiger partial charge in [-0.1, -0.05) is 121 Å². The molecule has 186 valence electrons. The quantitative estimate of drug-likeness (QED) is 0.155. The molecule has 0 aromatic heterocycles. The Labute approximate surface area is 226 Å². The molecule has 4 rings (SSSR count). The average molecular weight is 531 g/mol. The maximum Gasteiger partial charge on any atom is 0.0538 e. The fourth-order valence-corrected chi connectivity index (χ4v) is 10.0. The number of ether oxygens (including phenoxy) is 1. The molecule has 4 aromatic rings. The van der Waals surface area contributed by atoms with Gasteiger partial charge < -0.3 is 4.74 Å². The zero-order valence-electron chi connectivity index (χ0n) is 21.0. The highest BCUT2D eigenvalue weighted by Crippen LogP contribution is 2.44. The molecule has 0 saturated heterocycles. The number of thioether (sulfide) groups is 2. The van der Waals surface area contributed by atoms with Crippen LogP contribution in [0, 0.1) is 5.41 Å². The van der Waals surface area contributed by atoms with Crippen LogP contribution in [0.5, 0.6) is 0 Å². The molecule has 0 heterocycles. The summed E-state index contributed by atoms with van der Waals surface area (Å²) in [6.45, 7) is 0.773. The van der Waals surface area contributed by atoms with Gasteiger partial charge in [0.15, 0.2) is 0 Å². The van der Waals surface area contributed by atoms with Crippen LogP contribution >= 0.6 is 31.4 Å². The van der Waals surface area contributed by atoms with Crippen LogP contribution < -0.4 is 10.6 Å². The molecule has 0 N–H and O–H groups in total. The van der Waals surface area contributed by atoms with E-state index in [0.717, 1.165) is 35.8 Å². The van der Waals surface area contributed by atoms with Crippen LogP contribution in [0.2, 0.25) is 0 Å². The minimum Gasteiger partial charge on any atom is -0.384 e. The van der Waals surface area contributed by atoms with Crippen molar-refractivity contribution in [2.45, 2.75) is 11.5 Å².